The lowest BCUT2D eigenvalue weighted by atomic mass is 9.81. The maximum Gasteiger partial charge on any atom is 0.0555 e. The summed E-state index contributed by atoms with van der Waals surface area (Å²) >= 11 is 0. The monoisotopic (exact) mass is 171 g/mol. The first-order valence-corrected chi connectivity index (χ1v) is 4.92. The first kappa shape index (κ1) is 10.0. The number of aliphatic hydroxyl groups excluding tert-OH is 1. The SMILES string of the molecule is CC1CCC(N)(C(C)C(C)O)C1. The molecule has 12 heavy (non-hydrogen) atoms. The molecule has 2 heteroatoms. The van der Waals surface area contributed by atoms with E-state index in [0.29, 0.717) is 0 Å². The Kier molecular flexibility index (Phi) is 2.79. The highest BCUT2D eigenvalue weighted by molar-refractivity contribution is 4.97. The van der Waals surface area contributed by atoms with Gasteiger partial charge in [-0.05, 0) is 38.0 Å². The lowest BCUT2D eigenvalue weighted by Gasteiger charge is -2.33. The number of aliphatic hydroxyl groups is 1. The number of rotatable bonds is 2. The second kappa shape index (κ2) is 3.35. The Hall–Kier alpha value is -0.0800. The Bertz CT molecular complexity index is 158. The Morgan fingerprint density at radius 2 is 2.08 bits per heavy atom. The van der Waals surface area contributed by atoms with Gasteiger partial charge in [-0.3, -0.25) is 0 Å². The van der Waals surface area contributed by atoms with Gasteiger partial charge in [-0.15, -0.1) is 0 Å². The van der Waals surface area contributed by atoms with Crippen molar-refractivity contribution in [3.05, 3.63) is 0 Å². The van der Waals surface area contributed by atoms with Crippen molar-refractivity contribution in [1.82, 2.24) is 0 Å². The van der Waals surface area contributed by atoms with E-state index >= 15 is 0 Å². The van der Waals surface area contributed by atoms with Crippen LogP contribution in [-0.2, 0) is 0 Å². The van der Waals surface area contributed by atoms with Crippen molar-refractivity contribution >= 4 is 0 Å². The molecule has 0 amide bonds. The largest absolute Gasteiger partial charge is 0.393 e. The van der Waals surface area contributed by atoms with Gasteiger partial charge in [0, 0.05) is 5.54 Å². The van der Waals surface area contributed by atoms with Crippen LogP contribution in [-0.4, -0.2) is 16.7 Å². The Balaban J connectivity index is 2.60. The van der Waals surface area contributed by atoms with E-state index in [9.17, 15) is 5.11 Å². The molecule has 0 spiro atoms. The van der Waals surface area contributed by atoms with E-state index in [1.165, 1.54) is 6.42 Å². The molecule has 4 atom stereocenters. The van der Waals surface area contributed by atoms with Crippen molar-refractivity contribution in [3.8, 4) is 0 Å². The molecule has 0 saturated heterocycles. The summed E-state index contributed by atoms with van der Waals surface area (Å²) in [6, 6.07) is 0. The van der Waals surface area contributed by atoms with Crippen LogP contribution in [0, 0.1) is 11.8 Å². The molecule has 1 saturated carbocycles. The van der Waals surface area contributed by atoms with E-state index in [2.05, 4.69) is 13.8 Å². The Morgan fingerprint density at radius 1 is 1.50 bits per heavy atom. The van der Waals surface area contributed by atoms with Crippen LogP contribution in [0.1, 0.15) is 40.0 Å². The molecule has 1 aliphatic carbocycles. The Morgan fingerprint density at radius 3 is 2.42 bits per heavy atom. The fourth-order valence-electron chi connectivity index (χ4n) is 2.26. The number of nitrogens with two attached hydrogens (primary N) is 1. The van der Waals surface area contributed by atoms with Crippen LogP contribution in [0.2, 0.25) is 0 Å². The fourth-order valence-corrected chi connectivity index (χ4v) is 2.26. The van der Waals surface area contributed by atoms with Crippen molar-refractivity contribution in [3.63, 3.8) is 0 Å². The zero-order valence-corrected chi connectivity index (χ0v) is 8.38. The molecular formula is C10H21NO. The van der Waals surface area contributed by atoms with Gasteiger partial charge in [-0.1, -0.05) is 13.8 Å². The van der Waals surface area contributed by atoms with Gasteiger partial charge in [0.05, 0.1) is 6.10 Å². The smallest absolute Gasteiger partial charge is 0.0555 e. The van der Waals surface area contributed by atoms with E-state index in [1.54, 1.807) is 0 Å². The van der Waals surface area contributed by atoms with E-state index in [0.717, 1.165) is 18.8 Å². The summed E-state index contributed by atoms with van der Waals surface area (Å²) in [7, 11) is 0. The average Bonchev–Trinajstić information content (AvgIpc) is 2.31. The molecule has 0 aromatic carbocycles. The molecule has 0 heterocycles. The quantitative estimate of drug-likeness (QED) is 0.661. The second-order valence-corrected chi connectivity index (χ2v) is 4.61. The van der Waals surface area contributed by atoms with Crippen molar-refractivity contribution < 1.29 is 5.11 Å². The van der Waals surface area contributed by atoms with Gasteiger partial charge in [-0.2, -0.15) is 0 Å². The number of hydrogen-bond acceptors (Lipinski definition) is 2. The minimum Gasteiger partial charge on any atom is -0.393 e. The molecule has 1 fully saturated rings. The summed E-state index contributed by atoms with van der Waals surface area (Å²) in [6.07, 6.45) is 3.08. The third-order valence-corrected chi connectivity index (χ3v) is 3.46. The molecule has 0 aliphatic heterocycles. The van der Waals surface area contributed by atoms with Crippen LogP contribution in [0.4, 0.5) is 0 Å². The van der Waals surface area contributed by atoms with Gasteiger partial charge >= 0.3 is 0 Å². The third-order valence-electron chi connectivity index (χ3n) is 3.46. The fraction of sp³-hybridized carbons (Fsp3) is 1.00. The minimum atomic E-state index is -0.278. The molecular weight excluding hydrogens is 150 g/mol. The number of hydrogen-bond donors (Lipinski definition) is 2. The van der Waals surface area contributed by atoms with Crippen molar-refractivity contribution in [2.75, 3.05) is 0 Å². The molecule has 0 radical (unpaired) electrons. The summed E-state index contributed by atoms with van der Waals surface area (Å²) in [5, 5.41) is 9.45. The highest BCUT2D eigenvalue weighted by Crippen LogP contribution is 2.38. The summed E-state index contributed by atoms with van der Waals surface area (Å²) in [5.74, 6) is 0.957. The molecule has 2 nitrogen and oxygen atoms in total. The highest BCUT2D eigenvalue weighted by atomic mass is 16.3. The van der Waals surface area contributed by atoms with Gasteiger partial charge in [0.15, 0.2) is 0 Å². The molecule has 0 aromatic heterocycles. The molecule has 1 rings (SSSR count). The normalized spacial score (nSPS) is 41.2. The highest BCUT2D eigenvalue weighted by Gasteiger charge is 2.39. The first-order valence-electron chi connectivity index (χ1n) is 4.92. The minimum absolute atomic E-state index is 0.104. The van der Waals surface area contributed by atoms with Crippen LogP contribution < -0.4 is 5.73 Å². The van der Waals surface area contributed by atoms with Crippen molar-refractivity contribution in [2.24, 2.45) is 17.6 Å². The summed E-state index contributed by atoms with van der Waals surface area (Å²) in [4.78, 5) is 0. The molecule has 3 N–H and O–H groups in total. The third kappa shape index (κ3) is 1.80. The van der Waals surface area contributed by atoms with Crippen LogP contribution in [0.5, 0.6) is 0 Å². The van der Waals surface area contributed by atoms with Crippen LogP contribution in [0.3, 0.4) is 0 Å². The molecule has 4 unspecified atom stereocenters. The Labute approximate surface area is 75.2 Å². The summed E-state index contributed by atoms with van der Waals surface area (Å²) < 4.78 is 0. The maximum atomic E-state index is 9.45. The predicted molar refractivity (Wildman–Crippen MR) is 50.8 cm³/mol. The summed E-state index contributed by atoms with van der Waals surface area (Å²) in [5.41, 5.74) is 6.13. The first-order chi connectivity index (χ1) is 5.46. The van der Waals surface area contributed by atoms with Crippen molar-refractivity contribution in [2.45, 2.75) is 51.7 Å². The average molecular weight is 171 g/mol. The molecule has 72 valence electrons. The van der Waals surface area contributed by atoms with Gasteiger partial charge in [0.2, 0.25) is 0 Å². The van der Waals surface area contributed by atoms with Gasteiger partial charge in [0.25, 0.3) is 0 Å². The van der Waals surface area contributed by atoms with E-state index in [1.807, 2.05) is 6.92 Å². The summed E-state index contributed by atoms with van der Waals surface area (Å²) in [6.45, 7) is 6.13. The maximum absolute atomic E-state index is 9.45. The zero-order chi connectivity index (χ0) is 9.35. The van der Waals surface area contributed by atoms with Crippen molar-refractivity contribution in [1.29, 1.82) is 0 Å². The molecule has 0 bridgehead atoms. The van der Waals surface area contributed by atoms with Gasteiger partial charge in [-0.25, -0.2) is 0 Å². The van der Waals surface area contributed by atoms with Gasteiger partial charge in [0.1, 0.15) is 0 Å². The zero-order valence-electron chi connectivity index (χ0n) is 8.38. The lowest BCUT2D eigenvalue weighted by Crippen LogP contribution is -2.47. The molecule has 1 aliphatic rings. The van der Waals surface area contributed by atoms with Gasteiger partial charge < -0.3 is 10.8 Å². The lowest BCUT2D eigenvalue weighted by molar-refractivity contribution is 0.0838. The van der Waals surface area contributed by atoms with E-state index in [-0.39, 0.29) is 17.6 Å². The standard InChI is InChI=1S/C10H21NO/c1-7-4-5-10(11,6-7)8(2)9(3)12/h7-9,12H,4-6,11H2,1-3H3. The van der Waals surface area contributed by atoms with Crippen LogP contribution >= 0.6 is 0 Å². The van der Waals surface area contributed by atoms with E-state index < -0.39 is 0 Å². The van der Waals surface area contributed by atoms with Crippen LogP contribution in [0.15, 0.2) is 0 Å². The second-order valence-electron chi connectivity index (χ2n) is 4.61. The topological polar surface area (TPSA) is 46.2 Å². The predicted octanol–water partition coefficient (Wildman–Crippen LogP) is 1.52. The molecule has 0 aromatic rings. The van der Waals surface area contributed by atoms with E-state index in [4.69, 9.17) is 5.73 Å². The van der Waals surface area contributed by atoms with Crippen LogP contribution in [0.25, 0.3) is 0 Å².